The highest BCUT2D eigenvalue weighted by atomic mass is 127. The molecule has 1 N–H and O–H groups in total. The molecule has 0 unspecified atom stereocenters. The van der Waals surface area contributed by atoms with Gasteiger partial charge in [-0.15, -0.1) is 0 Å². The molecule has 0 aliphatic heterocycles. The molecule has 152 valence electrons. The maximum atomic E-state index is 12.6. The van der Waals surface area contributed by atoms with Gasteiger partial charge in [-0.3, -0.25) is 4.79 Å². The maximum absolute atomic E-state index is 12.6. The molecule has 0 spiro atoms. The highest BCUT2D eigenvalue weighted by molar-refractivity contribution is 14.1. The highest BCUT2D eigenvalue weighted by Crippen LogP contribution is 2.21. The number of benzene rings is 4. The lowest BCUT2D eigenvalue weighted by atomic mass is 10.0. The van der Waals surface area contributed by atoms with Crippen LogP contribution in [-0.2, 0) is 0 Å². The standard InChI is InChI=1S/C25H17IN2O3/c26-23-11-4-3-9-22(23)24(29)28-27-16-17-12-14-19(15-13-17)31-25(30)21-10-5-7-18-6-1-2-8-20(18)21/h1-16H,(H,28,29)/b27-16-. The van der Waals surface area contributed by atoms with Crippen LogP contribution in [0, 0.1) is 3.57 Å². The van der Waals surface area contributed by atoms with E-state index in [1.54, 1.807) is 42.5 Å². The average molecular weight is 520 g/mol. The Bertz CT molecular complexity index is 1280. The Morgan fingerprint density at radius 1 is 0.806 bits per heavy atom. The predicted molar refractivity (Wildman–Crippen MR) is 130 cm³/mol. The minimum Gasteiger partial charge on any atom is -0.423 e. The Hall–Kier alpha value is -3.52. The fraction of sp³-hybridized carbons (Fsp3) is 0. The average Bonchev–Trinajstić information content (AvgIpc) is 2.80. The molecule has 4 aromatic carbocycles. The third-order valence-electron chi connectivity index (χ3n) is 4.60. The number of esters is 1. The highest BCUT2D eigenvalue weighted by Gasteiger charge is 2.12. The van der Waals surface area contributed by atoms with Gasteiger partial charge in [0, 0.05) is 3.57 Å². The second-order valence-corrected chi connectivity index (χ2v) is 7.83. The predicted octanol–water partition coefficient (Wildman–Crippen LogP) is 5.43. The van der Waals surface area contributed by atoms with E-state index >= 15 is 0 Å². The Kier molecular flexibility index (Phi) is 6.37. The Balaban J connectivity index is 1.40. The summed E-state index contributed by atoms with van der Waals surface area (Å²) < 4.78 is 6.38. The van der Waals surface area contributed by atoms with Crippen LogP contribution in [0.2, 0.25) is 0 Å². The number of ether oxygens (including phenoxy) is 1. The molecule has 0 bridgehead atoms. The van der Waals surface area contributed by atoms with Crippen molar-refractivity contribution in [2.75, 3.05) is 0 Å². The van der Waals surface area contributed by atoms with Crippen molar-refractivity contribution in [1.82, 2.24) is 5.43 Å². The summed E-state index contributed by atoms with van der Waals surface area (Å²) in [5, 5.41) is 5.83. The Morgan fingerprint density at radius 3 is 2.29 bits per heavy atom. The quantitative estimate of drug-likeness (QED) is 0.126. The monoisotopic (exact) mass is 520 g/mol. The van der Waals surface area contributed by atoms with E-state index in [0.717, 1.165) is 19.9 Å². The maximum Gasteiger partial charge on any atom is 0.344 e. The molecule has 31 heavy (non-hydrogen) atoms. The van der Waals surface area contributed by atoms with Gasteiger partial charge in [-0.05, 0) is 81.4 Å². The van der Waals surface area contributed by atoms with Crippen molar-refractivity contribution in [2.45, 2.75) is 0 Å². The van der Waals surface area contributed by atoms with Crippen LogP contribution in [0.5, 0.6) is 5.75 Å². The number of rotatable bonds is 5. The Morgan fingerprint density at radius 2 is 1.48 bits per heavy atom. The summed E-state index contributed by atoms with van der Waals surface area (Å²) in [6.45, 7) is 0. The number of amides is 1. The van der Waals surface area contributed by atoms with Gasteiger partial charge in [0.1, 0.15) is 5.75 Å². The van der Waals surface area contributed by atoms with Crippen molar-refractivity contribution in [2.24, 2.45) is 5.10 Å². The van der Waals surface area contributed by atoms with Crippen LogP contribution in [0.3, 0.4) is 0 Å². The molecule has 0 saturated carbocycles. The SMILES string of the molecule is O=C(N/N=C\c1ccc(OC(=O)c2cccc3ccccc23)cc1)c1ccccc1I. The topological polar surface area (TPSA) is 67.8 Å². The number of halogens is 1. The van der Waals surface area contributed by atoms with Crippen LogP contribution >= 0.6 is 22.6 Å². The first-order chi connectivity index (χ1) is 15.1. The van der Waals surface area contributed by atoms with Crippen LogP contribution < -0.4 is 10.2 Å². The van der Waals surface area contributed by atoms with E-state index in [2.05, 4.69) is 33.1 Å². The van der Waals surface area contributed by atoms with Crippen LogP contribution in [0.15, 0.2) is 96.1 Å². The molecule has 0 aliphatic carbocycles. The van der Waals surface area contributed by atoms with Crippen LogP contribution in [0.1, 0.15) is 26.3 Å². The lowest BCUT2D eigenvalue weighted by Gasteiger charge is -2.07. The molecule has 0 aromatic heterocycles. The number of fused-ring (bicyclic) bond motifs is 1. The molecular weight excluding hydrogens is 503 g/mol. The summed E-state index contributed by atoms with van der Waals surface area (Å²) in [6.07, 6.45) is 1.53. The number of hydrazone groups is 1. The number of nitrogens with zero attached hydrogens (tertiary/aromatic N) is 1. The van der Waals surface area contributed by atoms with E-state index in [-0.39, 0.29) is 5.91 Å². The van der Waals surface area contributed by atoms with Crippen LogP contribution in [0.4, 0.5) is 0 Å². The van der Waals surface area contributed by atoms with Crippen molar-refractivity contribution in [3.05, 3.63) is 111 Å². The van der Waals surface area contributed by atoms with E-state index in [4.69, 9.17) is 4.74 Å². The van der Waals surface area contributed by atoms with E-state index in [1.165, 1.54) is 6.21 Å². The van der Waals surface area contributed by atoms with Crippen molar-refractivity contribution in [3.63, 3.8) is 0 Å². The molecule has 0 heterocycles. The van der Waals surface area contributed by atoms with Crippen molar-refractivity contribution in [3.8, 4) is 5.75 Å². The van der Waals surface area contributed by atoms with Gasteiger partial charge in [-0.25, -0.2) is 10.2 Å². The van der Waals surface area contributed by atoms with E-state index in [1.807, 2.05) is 48.5 Å². The third kappa shape index (κ3) is 4.97. The summed E-state index contributed by atoms with van der Waals surface area (Å²) in [5.74, 6) is -0.261. The minimum absolute atomic E-state index is 0.276. The minimum atomic E-state index is -0.414. The summed E-state index contributed by atoms with van der Waals surface area (Å²) in [5.41, 5.74) is 4.35. The molecule has 0 atom stereocenters. The molecule has 1 amide bonds. The van der Waals surface area contributed by atoms with E-state index in [9.17, 15) is 9.59 Å². The fourth-order valence-electron chi connectivity index (χ4n) is 3.06. The van der Waals surface area contributed by atoms with Gasteiger partial charge in [0.25, 0.3) is 5.91 Å². The van der Waals surface area contributed by atoms with E-state index in [0.29, 0.717) is 16.9 Å². The molecule has 5 nitrogen and oxygen atoms in total. The first kappa shape index (κ1) is 20.7. The van der Waals surface area contributed by atoms with Crippen LogP contribution in [-0.4, -0.2) is 18.1 Å². The molecule has 6 heteroatoms. The number of hydrogen-bond acceptors (Lipinski definition) is 4. The van der Waals surface area contributed by atoms with Crippen molar-refractivity contribution in [1.29, 1.82) is 0 Å². The zero-order valence-corrected chi connectivity index (χ0v) is 18.4. The van der Waals surface area contributed by atoms with Gasteiger partial charge in [0.2, 0.25) is 0 Å². The number of hydrogen-bond donors (Lipinski definition) is 1. The zero-order valence-electron chi connectivity index (χ0n) is 16.3. The van der Waals surface area contributed by atoms with E-state index < -0.39 is 5.97 Å². The summed E-state index contributed by atoms with van der Waals surface area (Å²) in [6, 6.07) is 27.4. The summed E-state index contributed by atoms with van der Waals surface area (Å²) >= 11 is 2.11. The fourth-order valence-corrected chi connectivity index (χ4v) is 3.69. The molecule has 4 rings (SSSR count). The van der Waals surface area contributed by atoms with Gasteiger partial charge < -0.3 is 4.74 Å². The van der Waals surface area contributed by atoms with Gasteiger partial charge in [-0.1, -0.05) is 48.5 Å². The first-order valence-corrected chi connectivity index (χ1v) is 10.6. The van der Waals surface area contributed by atoms with Gasteiger partial charge >= 0.3 is 5.97 Å². The second-order valence-electron chi connectivity index (χ2n) is 6.66. The van der Waals surface area contributed by atoms with Crippen LogP contribution in [0.25, 0.3) is 10.8 Å². The molecular formula is C25H17IN2O3. The third-order valence-corrected chi connectivity index (χ3v) is 5.54. The van der Waals surface area contributed by atoms with Crippen molar-refractivity contribution >= 4 is 51.5 Å². The zero-order chi connectivity index (χ0) is 21.6. The number of carbonyl (C=O) groups excluding carboxylic acids is 2. The van der Waals surface area contributed by atoms with Gasteiger partial charge in [-0.2, -0.15) is 5.10 Å². The smallest absolute Gasteiger partial charge is 0.344 e. The van der Waals surface area contributed by atoms with Gasteiger partial charge in [0.15, 0.2) is 0 Å². The molecule has 0 fully saturated rings. The Labute approximate surface area is 192 Å². The lowest BCUT2D eigenvalue weighted by molar-refractivity contribution is 0.0736. The number of nitrogens with one attached hydrogen (secondary N) is 1. The number of carbonyl (C=O) groups is 2. The van der Waals surface area contributed by atoms with Crippen molar-refractivity contribution < 1.29 is 14.3 Å². The summed E-state index contributed by atoms with van der Waals surface area (Å²) in [4.78, 5) is 24.8. The lowest BCUT2D eigenvalue weighted by Crippen LogP contribution is -2.18. The molecule has 0 radical (unpaired) electrons. The molecule has 4 aromatic rings. The summed E-state index contributed by atoms with van der Waals surface area (Å²) in [7, 11) is 0. The normalized spacial score (nSPS) is 10.9. The largest absolute Gasteiger partial charge is 0.423 e. The second kappa shape index (κ2) is 9.53. The molecule has 0 saturated heterocycles. The first-order valence-electron chi connectivity index (χ1n) is 9.50. The molecule has 0 aliphatic rings. The van der Waals surface area contributed by atoms with Gasteiger partial charge in [0.05, 0.1) is 17.3 Å².